The molecular weight excluding hydrogens is 935 g/mol. The number of aryl methyl sites for hydroxylation is 1. The first kappa shape index (κ1) is 41.2. The Kier molecular flexibility index (Phi) is 7.65. The summed E-state index contributed by atoms with van der Waals surface area (Å²) in [5.74, 6) is 0. The molecule has 354 valence electrons. The molecule has 18 rings (SSSR count). The Morgan fingerprint density at radius 2 is 0.724 bits per heavy atom. The summed E-state index contributed by atoms with van der Waals surface area (Å²) in [6, 6.07) is 81.4. The van der Waals surface area contributed by atoms with Gasteiger partial charge in [-0.2, -0.15) is 0 Å². The second-order valence-corrected chi connectivity index (χ2v) is 28.0. The van der Waals surface area contributed by atoms with Crippen molar-refractivity contribution >= 4 is 149 Å². The fourth-order valence-electron chi connectivity index (χ4n) is 14.5. The molecule has 18 aromatic rings. The first-order valence-electron chi connectivity index (χ1n) is 26.8. The van der Waals surface area contributed by atoms with Crippen LogP contribution in [0.25, 0.3) is 169 Å². The van der Waals surface area contributed by atoms with Crippen LogP contribution in [0.3, 0.4) is 0 Å². The summed E-state index contributed by atoms with van der Waals surface area (Å²) in [7, 11) is -1.82. The van der Waals surface area contributed by atoms with Gasteiger partial charge in [-0.3, -0.25) is 0 Å². The highest BCUT2D eigenvalue weighted by Gasteiger charge is 2.28. The molecule has 0 saturated heterocycles. The predicted molar refractivity (Wildman–Crippen MR) is 329 cm³/mol. The minimum absolute atomic E-state index is 1.23. The van der Waals surface area contributed by atoms with Crippen molar-refractivity contribution in [1.29, 1.82) is 0 Å². The van der Waals surface area contributed by atoms with Crippen LogP contribution in [0.15, 0.2) is 212 Å². The van der Waals surface area contributed by atoms with Gasteiger partial charge in [-0.15, -0.1) is 0 Å². The number of aromatic nitrogens is 3. The lowest BCUT2D eigenvalue weighted by atomic mass is 9.92. The van der Waals surface area contributed by atoms with Gasteiger partial charge < -0.3 is 13.2 Å². The molecule has 0 atom stereocenters. The predicted octanol–water partition coefficient (Wildman–Crippen LogP) is 19.3. The normalized spacial score (nSPS) is 13.0. The van der Waals surface area contributed by atoms with Crippen molar-refractivity contribution in [2.45, 2.75) is 26.6 Å². The summed E-state index contributed by atoms with van der Waals surface area (Å²) in [6.45, 7) is 9.75. The Morgan fingerprint density at radius 1 is 0.276 bits per heavy atom. The van der Waals surface area contributed by atoms with Crippen LogP contribution in [-0.4, -0.2) is 21.3 Å². The molecule has 6 heterocycles. The van der Waals surface area contributed by atoms with Crippen molar-refractivity contribution in [2.24, 2.45) is 0 Å². The molecule has 0 aliphatic carbocycles. The zero-order chi connectivity index (χ0) is 50.0. The topological polar surface area (TPSA) is 13.2 Å². The maximum atomic E-state index is 2.59. The largest absolute Gasteiger partial charge is 0.308 e. The number of hydrogen-bond donors (Lipinski definition) is 0. The molecule has 0 unspecified atom stereocenters. The van der Waals surface area contributed by atoms with Crippen molar-refractivity contribution in [3.63, 3.8) is 0 Å². The van der Waals surface area contributed by atoms with E-state index in [1.807, 2.05) is 0 Å². The maximum absolute atomic E-state index is 2.59. The molecule has 0 amide bonds. The van der Waals surface area contributed by atoms with Gasteiger partial charge in [0.1, 0.15) is 0 Å². The zero-order valence-electron chi connectivity index (χ0n) is 42.5. The highest BCUT2D eigenvalue weighted by Crippen LogP contribution is 2.50. The van der Waals surface area contributed by atoms with E-state index >= 15 is 0 Å². The molecule has 4 heteroatoms. The average molecular weight is 982 g/mol. The van der Waals surface area contributed by atoms with Crippen molar-refractivity contribution in [3.05, 3.63) is 218 Å². The number of fused-ring (bicyclic) bond motifs is 21. The number of benzene rings is 12. The molecule has 6 aromatic heterocycles. The summed E-state index contributed by atoms with van der Waals surface area (Å²) in [5.41, 5.74) is 20.3. The molecule has 0 bridgehead atoms. The van der Waals surface area contributed by atoms with Gasteiger partial charge in [0.2, 0.25) is 0 Å². The van der Waals surface area contributed by atoms with Gasteiger partial charge in [-0.05, 0) is 140 Å². The molecular formula is C72H47N3Si. The number of nitrogens with zero attached hydrogens (tertiary/aromatic N) is 3. The Hall–Kier alpha value is -9.22. The molecule has 0 radical (unpaired) electrons. The average Bonchev–Trinajstić information content (AvgIpc) is 4.47. The maximum Gasteiger partial charge on any atom is 0.0776 e. The standard InChI is InChI=1S/C72H47N3Si/c1-40-32-55-50-16-7-9-21-61(50)73-64-23-11-18-49(67(64)58(33-40)70(55)73)44-29-31-63-54(35-44)57-38-46(76(2,3)4)39-60-69-53(20-13-25-66(69)75(63)72(57)60)52-19-12-24-65-68(52)59-37-45(36-56-51-17-8-10-22-62(51)74(65)71(56)59)42-28-30-48-43(34-42)27-26-41-14-5-6-15-47(41)48/h5-39H,1-4H3. The molecule has 3 nitrogen and oxygen atoms in total. The highest BCUT2D eigenvalue weighted by molar-refractivity contribution is 6.89. The Bertz CT molecular complexity index is 5580. The van der Waals surface area contributed by atoms with Crippen molar-refractivity contribution in [2.75, 3.05) is 0 Å². The van der Waals surface area contributed by atoms with Crippen LogP contribution in [0, 0.1) is 6.92 Å². The van der Waals surface area contributed by atoms with Crippen molar-refractivity contribution in [1.82, 2.24) is 13.2 Å². The minimum Gasteiger partial charge on any atom is -0.308 e. The van der Waals surface area contributed by atoms with E-state index < -0.39 is 8.07 Å². The smallest absolute Gasteiger partial charge is 0.0776 e. The molecule has 0 aliphatic rings. The van der Waals surface area contributed by atoms with Gasteiger partial charge in [0.25, 0.3) is 0 Å². The fraction of sp³-hybridized carbons (Fsp3) is 0.0556. The molecule has 76 heavy (non-hydrogen) atoms. The van der Waals surface area contributed by atoms with E-state index in [4.69, 9.17) is 0 Å². The summed E-state index contributed by atoms with van der Waals surface area (Å²) in [4.78, 5) is 0. The summed E-state index contributed by atoms with van der Waals surface area (Å²) in [5, 5.41) is 22.4. The quantitative estimate of drug-likeness (QED) is 0.123. The molecule has 0 fully saturated rings. The van der Waals surface area contributed by atoms with Crippen LogP contribution < -0.4 is 5.19 Å². The van der Waals surface area contributed by atoms with E-state index in [9.17, 15) is 0 Å². The monoisotopic (exact) mass is 981 g/mol. The van der Waals surface area contributed by atoms with Gasteiger partial charge in [-0.25, -0.2) is 0 Å². The van der Waals surface area contributed by atoms with Crippen LogP contribution in [0.4, 0.5) is 0 Å². The van der Waals surface area contributed by atoms with E-state index in [0.29, 0.717) is 0 Å². The Balaban J connectivity index is 0.894. The van der Waals surface area contributed by atoms with E-state index in [2.05, 4.69) is 252 Å². The Morgan fingerprint density at radius 3 is 1.39 bits per heavy atom. The molecule has 0 aliphatic heterocycles. The lowest BCUT2D eigenvalue weighted by molar-refractivity contribution is 1.37. The van der Waals surface area contributed by atoms with Gasteiger partial charge in [0.05, 0.1) is 57.7 Å². The second-order valence-electron chi connectivity index (χ2n) is 22.9. The molecule has 12 aromatic carbocycles. The van der Waals surface area contributed by atoms with Crippen LogP contribution in [0.5, 0.6) is 0 Å². The summed E-state index contributed by atoms with van der Waals surface area (Å²) < 4.78 is 7.64. The van der Waals surface area contributed by atoms with Crippen molar-refractivity contribution in [3.8, 4) is 33.4 Å². The third-order valence-electron chi connectivity index (χ3n) is 17.7. The third-order valence-corrected chi connectivity index (χ3v) is 19.8. The zero-order valence-corrected chi connectivity index (χ0v) is 43.5. The van der Waals surface area contributed by atoms with Gasteiger partial charge in [-0.1, -0.05) is 164 Å². The molecule has 0 N–H and O–H groups in total. The third kappa shape index (κ3) is 5.12. The molecule has 0 saturated carbocycles. The van der Waals surface area contributed by atoms with Gasteiger partial charge in [0, 0.05) is 64.6 Å². The fourth-order valence-corrected chi connectivity index (χ4v) is 15.6. The first-order valence-corrected chi connectivity index (χ1v) is 30.3. The number of para-hydroxylation sites is 2. The van der Waals surface area contributed by atoms with E-state index in [-0.39, 0.29) is 0 Å². The first-order chi connectivity index (χ1) is 37.2. The number of rotatable bonds is 4. The highest BCUT2D eigenvalue weighted by atomic mass is 28.3. The van der Waals surface area contributed by atoms with Crippen molar-refractivity contribution < 1.29 is 0 Å². The summed E-state index contributed by atoms with van der Waals surface area (Å²) >= 11 is 0. The number of hydrogen-bond acceptors (Lipinski definition) is 0. The van der Waals surface area contributed by atoms with E-state index in [1.165, 1.54) is 180 Å². The lowest BCUT2D eigenvalue weighted by Gasteiger charge is -2.17. The van der Waals surface area contributed by atoms with Crippen LogP contribution in [0.1, 0.15) is 5.56 Å². The van der Waals surface area contributed by atoms with Crippen LogP contribution >= 0.6 is 0 Å². The van der Waals surface area contributed by atoms with E-state index in [1.54, 1.807) is 0 Å². The van der Waals surface area contributed by atoms with Crippen LogP contribution in [0.2, 0.25) is 19.6 Å². The SMILES string of the molecule is Cc1cc2c3ccccc3n3c4cccc(-c5ccc6c(c5)c5cc([Si](C)(C)C)cc7c8c(-c9cccc%10c9c9cc(-c%11ccc%12c(ccc%13ccccc%13%12)c%11)cc%11c%12ccccc%12n%10c%119)cccc8n6c57)c4c(c1)c23. The van der Waals surface area contributed by atoms with E-state index in [0.717, 1.165) is 0 Å². The van der Waals surface area contributed by atoms with Gasteiger partial charge >= 0.3 is 0 Å². The Labute approximate surface area is 437 Å². The summed E-state index contributed by atoms with van der Waals surface area (Å²) in [6.07, 6.45) is 0. The van der Waals surface area contributed by atoms with Crippen LogP contribution in [-0.2, 0) is 0 Å². The lowest BCUT2D eigenvalue weighted by Crippen LogP contribution is -2.37. The minimum atomic E-state index is -1.82. The van der Waals surface area contributed by atoms with Gasteiger partial charge in [0.15, 0.2) is 0 Å². The second kappa shape index (κ2) is 14.1. The molecule has 0 spiro atoms.